The second-order valence-electron chi connectivity index (χ2n) is 5.12. The van der Waals surface area contributed by atoms with Gasteiger partial charge in [-0.2, -0.15) is 0 Å². The van der Waals surface area contributed by atoms with E-state index in [-0.39, 0.29) is 12.5 Å². The Morgan fingerprint density at radius 2 is 2.15 bits per heavy atom. The number of hydrogen-bond acceptors (Lipinski definition) is 4. The highest BCUT2D eigenvalue weighted by Gasteiger charge is 2.20. The van der Waals surface area contributed by atoms with Crippen molar-refractivity contribution < 1.29 is 14.6 Å². The Labute approximate surface area is 120 Å². The minimum Gasteiger partial charge on any atom is -0.492 e. The highest BCUT2D eigenvalue weighted by molar-refractivity contribution is 5.95. The Kier molecular flexibility index (Phi) is 5.82. The second-order valence-corrected chi connectivity index (χ2v) is 5.12. The highest BCUT2D eigenvalue weighted by atomic mass is 16.5. The second kappa shape index (κ2) is 7.14. The third-order valence-corrected chi connectivity index (χ3v) is 2.99. The molecule has 0 saturated carbocycles. The molecular formula is C15H24N2O3. The van der Waals surface area contributed by atoms with Crippen LogP contribution < -0.4 is 15.8 Å². The maximum Gasteiger partial charge on any atom is 0.251 e. The molecule has 0 aliphatic rings. The predicted octanol–water partition coefficient (Wildman–Crippen LogP) is 1.95. The van der Waals surface area contributed by atoms with Gasteiger partial charge in [-0.3, -0.25) is 4.79 Å². The van der Waals surface area contributed by atoms with E-state index < -0.39 is 5.60 Å². The lowest BCUT2D eigenvalue weighted by Gasteiger charge is -2.23. The normalized spacial score (nSPS) is 13.6. The van der Waals surface area contributed by atoms with Gasteiger partial charge in [-0.1, -0.05) is 13.3 Å². The van der Waals surface area contributed by atoms with Gasteiger partial charge in [0.15, 0.2) is 0 Å². The van der Waals surface area contributed by atoms with Crippen molar-refractivity contribution in [3.8, 4) is 5.75 Å². The van der Waals surface area contributed by atoms with Gasteiger partial charge in [0.25, 0.3) is 5.91 Å². The number of rotatable bonds is 7. The zero-order chi connectivity index (χ0) is 15.2. The van der Waals surface area contributed by atoms with E-state index in [4.69, 9.17) is 10.5 Å². The number of carbonyl (C=O) groups excluding carboxylic acids is 1. The molecular weight excluding hydrogens is 256 g/mol. The zero-order valence-electron chi connectivity index (χ0n) is 12.4. The van der Waals surface area contributed by atoms with Gasteiger partial charge in [0, 0.05) is 12.1 Å². The van der Waals surface area contributed by atoms with E-state index in [1.54, 1.807) is 25.1 Å². The van der Waals surface area contributed by atoms with Crippen molar-refractivity contribution in [3.05, 3.63) is 23.8 Å². The van der Waals surface area contributed by atoms with E-state index >= 15 is 0 Å². The number of aliphatic hydroxyl groups is 1. The molecule has 0 heterocycles. The molecule has 0 fully saturated rings. The van der Waals surface area contributed by atoms with E-state index in [1.807, 2.05) is 13.8 Å². The predicted molar refractivity (Wildman–Crippen MR) is 79.9 cm³/mol. The molecule has 0 bridgehead atoms. The summed E-state index contributed by atoms with van der Waals surface area (Å²) in [7, 11) is 0. The quantitative estimate of drug-likeness (QED) is 0.666. The standard InChI is InChI=1S/C15H24N2O3/c1-4-8-15(3,19)10-17-14(18)11-6-7-13(20-5-2)12(16)9-11/h6-7,9,19H,4-5,8,10,16H2,1-3H3,(H,17,18). The van der Waals surface area contributed by atoms with E-state index in [0.717, 1.165) is 6.42 Å². The molecule has 5 heteroatoms. The van der Waals surface area contributed by atoms with Crippen LogP contribution in [0.15, 0.2) is 18.2 Å². The summed E-state index contributed by atoms with van der Waals surface area (Å²) in [5, 5.41) is 12.7. The Bertz CT molecular complexity index is 458. The van der Waals surface area contributed by atoms with Crippen molar-refractivity contribution in [2.45, 2.75) is 39.2 Å². The first-order valence-corrected chi connectivity index (χ1v) is 6.92. The van der Waals surface area contributed by atoms with Crippen LogP contribution in [0.1, 0.15) is 44.0 Å². The molecule has 1 aromatic carbocycles. The van der Waals surface area contributed by atoms with E-state index in [2.05, 4.69) is 5.32 Å². The lowest BCUT2D eigenvalue weighted by atomic mass is 10.0. The molecule has 1 aromatic rings. The van der Waals surface area contributed by atoms with Crippen molar-refractivity contribution in [2.24, 2.45) is 0 Å². The van der Waals surface area contributed by atoms with E-state index in [0.29, 0.717) is 30.0 Å². The number of amides is 1. The van der Waals surface area contributed by atoms with Crippen LogP contribution in [0, 0.1) is 0 Å². The molecule has 0 spiro atoms. The largest absolute Gasteiger partial charge is 0.492 e. The Morgan fingerprint density at radius 1 is 1.45 bits per heavy atom. The first-order valence-electron chi connectivity index (χ1n) is 6.92. The fourth-order valence-electron chi connectivity index (χ4n) is 1.98. The fourth-order valence-corrected chi connectivity index (χ4v) is 1.98. The van der Waals surface area contributed by atoms with Gasteiger partial charge in [-0.15, -0.1) is 0 Å². The fraction of sp³-hybridized carbons (Fsp3) is 0.533. The molecule has 1 rings (SSSR count). The van der Waals surface area contributed by atoms with E-state index in [1.165, 1.54) is 0 Å². The number of carbonyl (C=O) groups is 1. The number of nitrogens with two attached hydrogens (primary N) is 1. The summed E-state index contributed by atoms with van der Waals surface area (Å²) in [6.07, 6.45) is 1.50. The lowest BCUT2D eigenvalue weighted by molar-refractivity contribution is 0.0469. The highest BCUT2D eigenvalue weighted by Crippen LogP contribution is 2.22. The van der Waals surface area contributed by atoms with Crippen LogP contribution in [-0.2, 0) is 0 Å². The number of hydrogen-bond donors (Lipinski definition) is 3. The summed E-state index contributed by atoms with van der Waals surface area (Å²) >= 11 is 0. The maximum atomic E-state index is 12.0. The third kappa shape index (κ3) is 4.74. The first kappa shape index (κ1) is 16.3. The summed E-state index contributed by atoms with van der Waals surface area (Å²) in [6.45, 7) is 6.31. The molecule has 1 atom stereocenters. The average molecular weight is 280 g/mol. The van der Waals surface area contributed by atoms with Gasteiger partial charge in [0.1, 0.15) is 5.75 Å². The van der Waals surface area contributed by atoms with E-state index in [9.17, 15) is 9.90 Å². The van der Waals surface area contributed by atoms with Gasteiger partial charge >= 0.3 is 0 Å². The van der Waals surface area contributed by atoms with Gasteiger partial charge in [0.05, 0.1) is 17.9 Å². The van der Waals surface area contributed by atoms with Crippen molar-refractivity contribution in [3.63, 3.8) is 0 Å². The van der Waals surface area contributed by atoms with Crippen molar-refractivity contribution in [2.75, 3.05) is 18.9 Å². The number of anilines is 1. The maximum absolute atomic E-state index is 12.0. The number of ether oxygens (including phenoxy) is 1. The molecule has 1 unspecified atom stereocenters. The van der Waals surface area contributed by atoms with Gasteiger partial charge in [-0.05, 0) is 38.5 Å². The average Bonchev–Trinajstić information content (AvgIpc) is 2.38. The van der Waals surface area contributed by atoms with Gasteiger partial charge in [-0.25, -0.2) is 0 Å². The third-order valence-electron chi connectivity index (χ3n) is 2.99. The summed E-state index contributed by atoms with van der Waals surface area (Å²) in [5.74, 6) is 0.318. The summed E-state index contributed by atoms with van der Waals surface area (Å²) in [4.78, 5) is 12.0. The van der Waals surface area contributed by atoms with Crippen LogP contribution in [0.4, 0.5) is 5.69 Å². The number of nitrogens with one attached hydrogen (secondary N) is 1. The molecule has 0 aliphatic heterocycles. The Morgan fingerprint density at radius 3 is 2.70 bits per heavy atom. The monoisotopic (exact) mass is 280 g/mol. The zero-order valence-corrected chi connectivity index (χ0v) is 12.4. The van der Waals surface area contributed by atoms with Crippen LogP contribution >= 0.6 is 0 Å². The molecule has 20 heavy (non-hydrogen) atoms. The molecule has 1 amide bonds. The molecule has 0 radical (unpaired) electrons. The molecule has 4 N–H and O–H groups in total. The van der Waals surface area contributed by atoms with Crippen LogP contribution in [0.2, 0.25) is 0 Å². The smallest absolute Gasteiger partial charge is 0.251 e. The molecule has 0 saturated heterocycles. The summed E-state index contributed by atoms with van der Waals surface area (Å²) in [5.41, 5.74) is 5.82. The van der Waals surface area contributed by atoms with Crippen molar-refractivity contribution in [1.82, 2.24) is 5.32 Å². The molecule has 5 nitrogen and oxygen atoms in total. The van der Waals surface area contributed by atoms with Crippen LogP contribution in [0.25, 0.3) is 0 Å². The SMILES string of the molecule is CCCC(C)(O)CNC(=O)c1ccc(OCC)c(N)c1. The topological polar surface area (TPSA) is 84.6 Å². The first-order chi connectivity index (χ1) is 9.39. The minimum atomic E-state index is -0.888. The minimum absolute atomic E-state index is 0.215. The Hall–Kier alpha value is -1.75. The molecule has 0 aliphatic carbocycles. The summed E-state index contributed by atoms with van der Waals surface area (Å²) in [6, 6.07) is 4.91. The van der Waals surface area contributed by atoms with Crippen molar-refractivity contribution >= 4 is 11.6 Å². The van der Waals surface area contributed by atoms with Gasteiger partial charge in [0.2, 0.25) is 0 Å². The lowest BCUT2D eigenvalue weighted by Crippen LogP contribution is -2.40. The van der Waals surface area contributed by atoms with Gasteiger partial charge < -0.3 is 20.9 Å². The van der Waals surface area contributed by atoms with Crippen LogP contribution in [0.3, 0.4) is 0 Å². The van der Waals surface area contributed by atoms with Crippen LogP contribution in [0.5, 0.6) is 5.75 Å². The van der Waals surface area contributed by atoms with Crippen molar-refractivity contribution in [1.29, 1.82) is 0 Å². The number of benzene rings is 1. The molecule has 112 valence electrons. The Balaban J connectivity index is 2.66. The molecule has 0 aromatic heterocycles. The van der Waals surface area contributed by atoms with Crippen LogP contribution in [-0.4, -0.2) is 29.8 Å². The summed E-state index contributed by atoms with van der Waals surface area (Å²) < 4.78 is 5.32. The number of nitrogen functional groups attached to an aromatic ring is 1.